The van der Waals surface area contributed by atoms with Gasteiger partial charge in [0.05, 0.1) is 0 Å². The van der Waals surface area contributed by atoms with E-state index >= 15 is 0 Å². The van der Waals surface area contributed by atoms with Crippen molar-refractivity contribution < 1.29 is 9.90 Å². The van der Waals surface area contributed by atoms with Gasteiger partial charge in [0.15, 0.2) is 0 Å². The van der Waals surface area contributed by atoms with Gasteiger partial charge in [-0.15, -0.1) is 0 Å². The van der Waals surface area contributed by atoms with E-state index in [-0.39, 0.29) is 18.0 Å². The molecule has 5 heteroatoms. The first-order chi connectivity index (χ1) is 14.1. The van der Waals surface area contributed by atoms with Crippen LogP contribution in [0.3, 0.4) is 0 Å². The fourth-order valence-electron chi connectivity index (χ4n) is 5.23. The highest BCUT2D eigenvalue weighted by Gasteiger charge is 2.51. The van der Waals surface area contributed by atoms with Gasteiger partial charge < -0.3 is 14.6 Å². The first-order valence-corrected chi connectivity index (χ1v) is 10.2. The van der Waals surface area contributed by atoms with Crippen LogP contribution in [0.4, 0.5) is 0 Å². The van der Waals surface area contributed by atoms with E-state index < -0.39 is 5.60 Å². The van der Waals surface area contributed by atoms with Gasteiger partial charge in [-0.3, -0.25) is 4.79 Å². The molecule has 1 aromatic heterocycles. The van der Waals surface area contributed by atoms with Crippen LogP contribution < -0.4 is 0 Å². The molecule has 0 saturated carbocycles. The number of aryl methyl sites for hydroxylation is 1. The molecule has 3 aromatic rings. The number of aromatic nitrogens is 2. The lowest BCUT2D eigenvalue weighted by Crippen LogP contribution is -2.52. The van der Waals surface area contributed by atoms with Crippen LogP contribution in [0, 0.1) is 0 Å². The Hall–Kier alpha value is -2.92. The third-order valence-electron chi connectivity index (χ3n) is 6.48. The van der Waals surface area contributed by atoms with Crippen LogP contribution in [0.1, 0.15) is 41.9 Å². The number of nitrogens with zero attached hydrogens (tertiary/aromatic N) is 3. The van der Waals surface area contributed by atoms with Crippen LogP contribution in [0.25, 0.3) is 11.1 Å². The smallest absolute Gasteiger partial charge is 0.254 e. The first-order valence-electron chi connectivity index (χ1n) is 10.2. The van der Waals surface area contributed by atoms with E-state index in [1.807, 2.05) is 77.3 Å². The van der Waals surface area contributed by atoms with Crippen LogP contribution in [0.5, 0.6) is 0 Å². The van der Waals surface area contributed by atoms with E-state index in [0.717, 1.165) is 29.5 Å². The van der Waals surface area contributed by atoms with Crippen molar-refractivity contribution in [1.29, 1.82) is 0 Å². The van der Waals surface area contributed by atoms with Crippen molar-refractivity contribution in [3.63, 3.8) is 0 Å². The number of amides is 1. The molecular weight excluding hydrogens is 362 g/mol. The third kappa shape index (κ3) is 2.97. The Morgan fingerprint density at radius 1 is 1.03 bits per heavy atom. The molecule has 5 nitrogen and oxygen atoms in total. The topological polar surface area (TPSA) is 58.4 Å². The average Bonchev–Trinajstić information content (AvgIpc) is 3.30. The summed E-state index contributed by atoms with van der Waals surface area (Å²) in [7, 11) is 1.91. The van der Waals surface area contributed by atoms with Crippen molar-refractivity contribution in [2.75, 3.05) is 0 Å². The molecule has 0 spiro atoms. The summed E-state index contributed by atoms with van der Waals surface area (Å²) >= 11 is 0. The van der Waals surface area contributed by atoms with E-state index in [1.54, 1.807) is 6.20 Å². The molecule has 0 aliphatic carbocycles. The number of piperidine rings is 1. The molecule has 1 amide bonds. The van der Waals surface area contributed by atoms with Gasteiger partial charge in [0, 0.05) is 49.9 Å². The summed E-state index contributed by atoms with van der Waals surface area (Å²) in [6.45, 7) is 0. The maximum absolute atomic E-state index is 13.6. The maximum atomic E-state index is 13.6. The molecule has 0 unspecified atom stereocenters. The van der Waals surface area contributed by atoms with Crippen LogP contribution in [-0.4, -0.2) is 37.5 Å². The second-order valence-electron chi connectivity index (χ2n) is 8.31. The van der Waals surface area contributed by atoms with Crippen LogP contribution in [-0.2, 0) is 12.6 Å². The fourth-order valence-corrected chi connectivity index (χ4v) is 5.23. The van der Waals surface area contributed by atoms with Crippen molar-refractivity contribution in [2.45, 2.75) is 43.4 Å². The van der Waals surface area contributed by atoms with E-state index in [1.165, 1.54) is 0 Å². The highest BCUT2D eigenvalue weighted by Crippen LogP contribution is 2.46. The number of carbonyl (C=O) groups excluding carboxylic acids is 1. The van der Waals surface area contributed by atoms with Crippen LogP contribution in [0.15, 0.2) is 67.0 Å². The molecule has 2 fully saturated rings. The Balaban J connectivity index is 1.47. The quantitative estimate of drug-likeness (QED) is 0.745. The van der Waals surface area contributed by atoms with E-state index in [2.05, 4.69) is 4.98 Å². The molecule has 2 atom stereocenters. The van der Waals surface area contributed by atoms with Crippen molar-refractivity contribution >= 4 is 5.91 Å². The molecule has 2 aliphatic heterocycles. The lowest BCUT2D eigenvalue weighted by molar-refractivity contribution is -0.0554. The van der Waals surface area contributed by atoms with Crippen molar-refractivity contribution in [1.82, 2.24) is 14.5 Å². The molecule has 5 rings (SSSR count). The van der Waals surface area contributed by atoms with Crippen LogP contribution in [0.2, 0.25) is 0 Å². The van der Waals surface area contributed by atoms with Gasteiger partial charge in [-0.05, 0) is 30.0 Å². The summed E-state index contributed by atoms with van der Waals surface area (Å²) in [5, 5.41) is 11.4. The lowest BCUT2D eigenvalue weighted by atomic mass is 9.84. The molecule has 2 bridgehead atoms. The molecule has 0 radical (unpaired) electrons. The number of aliphatic hydroxyl groups is 1. The van der Waals surface area contributed by atoms with E-state index in [4.69, 9.17) is 0 Å². The summed E-state index contributed by atoms with van der Waals surface area (Å²) in [6.07, 6.45) is 6.51. The third-order valence-corrected chi connectivity index (χ3v) is 6.48. The molecule has 2 saturated heterocycles. The lowest BCUT2D eigenvalue weighted by Gasteiger charge is -2.43. The number of hydrogen-bond acceptors (Lipinski definition) is 3. The summed E-state index contributed by atoms with van der Waals surface area (Å²) in [5.74, 6) is 0.769. The van der Waals surface area contributed by atoms with E-state index in [9.17, 15) is 9.90 Å². The average molecular weight is 387 g/mol. The Bertz CT molecular complexity index is 1030. The zero-order valence-corrected chi connectivity index (χ0v) is 16.5. The molecule has 29 heavy (non-hydrogen) atoms. The Morgan fingerprint density at radius 3 is 2.34 bits per heavy atom. The summed E-state index contributed by atoms with van der Waals surface area (Å²) in [4.78, 5) is 20.1. The fraction of sp³-hybridized carbons (Fsp3) is 0.333. The van der Waals surface area contributed by atoms with Crippen LogP contribution >= 0.6 is 0 Å². The molecular formula is C24H25N3O2. The van der Waals surface area contributed by atoms with Gasteiger partial charge in [0.1, 0.15) is 11.4 Å². The minimum atomic E-state index is -0.972. The molecule has 1 N–H and O–H groups in total. The monoisotopic (exact) mass is 387 g/mol. The molecule has 3 heterocycles. The second-order valence-corrected chi connectivity index (χ2v) is 8.31. The number of carbonyl (C=O) groups is 1. The predicted molar refractivity (Wildman–Crippen MR) is 111 cm³/mol. The standard InChI is InChI=1S/C24H25N3O2/c1-26-14-13-25-23(26)24(29)15-18-11-12-19(16-24)27(18)22(28)21-10-6-5-9-20(21)17-7-3-2-4-8-17/h2-10,13-14,18-19,29H,11-12,15-16H2,1H3/t18-,19-/m0/s1. The number of rotatable bonds is 3. The minimum Gasteiger partial charge on any atom is -0.382 e. The number of imidazole rings is 1. The van der Waals surface area contributed by atoms with Crippen molar-refractivity contribution in [3.05, 3.63) is 78.4 Å². The normalized spacial score (nSPS) is 25.9. The van der Waals surface area contributed by atoms with Gasteiger partial charge in [0.2, 0.25) is 0 Å². The summed E-state index contributed by atoms with van der Waals surface area (Å²) in [6, 6.07) is 18.0. The number of fused-ring (bicyclic) bond motifs is 2. The predicted octanol–water partition coefficient (Wildman–Crippen LogP) is 3.74. The van der Waals surface area contributed by atoms with Gasteiger partial charge in [-0.1, -0.05) is 48.5 Å². The molecule has 148 valence electrons. The Kier molecular flexibility index (Phi) is 4.28. The number of hydrogen-bond donors (Lipinski definition) is 1. The SMILES string of the molecule is Cn1ccnc1C1(O)C[C@@H]2CC[C@@H](C1)N2C(=O)c1ccccc1-c1ccccc1. The second kappa shape index (κ2) is 6.85. The van der Waals surface area contributed by atoms with Gasteiger partial charge >= 0.3 is 0 Å². The van der Waals surface area contributed by atoms with Crippen molar-refractivity contribution in [2.24, 2.45) is 7.05 Å². The Morgan fingerprint density at radius 2 is 1.69 bits per heavy atom. The zero-order valence-electron chi connectivity index (χ0n) is 16.5. The largest absolute Gasteiger partial charge is 0.382 e. The van der Waals surface area contributed by atoms with Gasteiger partial charge in [-0.2, -0.15) is 0 Å². The Labute approximate surface area is 170 Å². The minimum absolute atomic E-state index is 0.0341. The molecule has 2 aromatic carbocycles. The summed E-state index contributed by atoms with van der Waals surface area (Å²) in [5.41, 5.74) is 1.77. The maximum Gasteiger partial charge on any atom is 0.254 e. The van der Waals surface area contributed by atoms with Crippen molar-refractivity contribution in [3.8, 4) is 11.1 Å². The van der Waals surface area contributed by atoms with E-state index in [0.29, 0.717) is 18.7 Å². The highest BCUT2D eigenvalue weighted by molar-refractivity contribution is 6.01. The van der Waals surface area contributed by atoms with Gasteiger partial charge in [0.25, 0.3) is 5.91 Å². The summed E-state index contributed by atoms with van der Waals surface area (Å²) < 4.78 is 1.89. The molecule has 2 aliphatic rings. The highest BCUT2D eigenvalue weighted by atomic mass is 16.3. The zero-order chi connectivity index (χ0) is 20.0. The van der Waals surface area contributed by atoms with Gasteiger partial charge in [-0.25, -0.2) is 4.98 Å². The number of benzene rings is 2. The first kappa shape index (κ1) is 18.1.